The number of nitrogens with one attached hydrogen (secondary N) is 1. The summed E-state index contributed by atoms with van der Waals surface area (Å²) < 4.78 is 2.16. The highest BCUT2D eigenvalue weighted by atomic mass is 16.1. The highest BCUT2D eigenvalue weighted by Gasteiger charge is 2.13. The van der Waals surface area contributed by atoms with E-state index in [9.17, 15) is 10.1 Å². The van der Waals surface area contributed by atoms with E-state index in [0.717, 1.165) is 41.2 Å². The molecule has 24 heavy (non-hydrogen) atoms. The monoisotopic (exact) mass is 321 g/mol. The van der Waals surface area contributed by atoms with Gasteiger partial charge >= 0.3 is 0 Å². The van der Waals surface area contributed by atoms with Gasteiger partial charge in [0.1, 0.15) is 11.6 Å². The van der Waals surface area contributed by atoms with Gasteiger partial charge in [-0.1, -0.05) is 25.1 Å². The number of hydrogen-bond donors (Lipinski definition) is 1. The normalized spacial score (nSPS) is 11.2. The Morgan fingerprint density at radius 1 is 1.29 bits per heavy atom. The second kappa shape index (κ2) is 7.65. The molecule has 2 rings (SSSR count). The fraction of sp³-hybridized carbons (Fsp3) is 0.300. The molecule has 1 aromatic heterocycles. The summed E-state index contributed by atoms with van der Waals surface area (Å²) in [4.78, 5) is 12.5. The molecule has 0 spiro atoms. The lowest BCUT2D eigenvalue weighted by Crippen LogP contribution is -2.14. The van der Waals surface area contributed by atoms with Crippen molar-refractivity contribution in [3.05, 3.63) is 58.4 Å². The lowest BCUT2D eigenvalue weighted by atomic mass is 10.1. The van der Waals surface area contributed by atoms with E-state index in [4.69, 9.17) is 0 Å². The van der Waals surface area contributed by atoms with Gasteiger partial charge in [0.05, 0.1) is 0 Å². The van der Waals surface area contributed by atoms with Gasteiger partial charge in [-0.25, -0.2) is 0 Å². The third-order valence-electron chi connectivity index (χ3n) is 4.24. The summed E-state index contributed by atoms with van der Waals surface area (Å²) in [5, 5.41) is 12.3. The van der Waals surface area contributed by atoms with Crippen molar-refractivity contribution < 1.29 is 4.79 Å². The highest BCUT2D eigenvalue weighted by molar-refractivity contribution is 6.10. The molecule has 0 fully saturated rings. The van der Waals surface area contributed by atoms with Gasteiger partial charge in [0, 0.05) is 23.6 Å². The molecule has 1 heterocycles. The van der Waals surface area contributed by atoms with Crippen LogP contribution < -0.4 is 5.32 Å². The Hall–Kier alpha value is -2.80. The molecule has 0 aliphatic carbocycles. The molecule has 0 bridgehead atoms. The van der Waals surface area contributed by atoms with Crippen molar-refractivity contribution in [2.75, 3.05) is 5.32 Å². The minimum absolute atomic E-state index is 0.109. The standard InChI is InChI=1S/C20H23N3O/c1-5-16-9-7-8-10-19(16)22-20(24)18(13-21)12-17-11-14(3)23(6-2)15(17)4/h7-12H,5-6H2,1-4H3,(H,22,24)/b18-12-. The van der Waals surface area contributed by atoms with Gasteiger partial charge in [-0.2, -0.15) is 5.26 Å². The molecular formula is C20H23N3O. The number of aryl methyl sites for hydroxylation is 2. The van der Waals surface area contributed by atoms with E-state index in [1.54, 1.807) is 6.08 Å². The van der Waals surface area contributed by atoms with Gasteiger partial charge in [0.25, 0.3) is 5.91 Å². The molecule has 0 unspecified atom stereocenters. The Kier molecular flexibility index (Phi) is 5.59. The van der Waals surface area contributed by atoms with E-state index in [0.29, 0.717) is 0 Å². The van der Waals surface area contributed by atoms with Crippen LogP contribution in [0.3, 0.4) is 0 Å². The first-order chi connectivity index (χ1) is 11.5. The van der Waals surface area contributed by atoms with Gasteiger partial charge in [-0.3, -0.25) is 4.79 Å². The maximum atomic E-state index is 12.5. The third kappa shape index (κ3) is 3.57. The molecule has 124 valence electrons. The van der Waals surface area contributed by atoms with Crippen LogP contribution in [0, 0.1) is 25.2 Å². The zero-order chi connectivity index (χ0) is 17.7. The smallest absolute Gasteiger partial charge is 0.266 e. The number of para-hydroxylation sites is 1. The number of aromatic nitrogens is 1. The van der Waals surface area contributed by atoms with Crippen LogP contribution in [0.5, 0.6) is 0 Å². The number of amides is 1. The molecule has 0 radical (unpaired) electrons. The van der Waals surface area contributed by atoms with Gasteiger partial charge in [0.2, 0.25) is 0 Å². The summed E-state index contributed by atoms with van der Waals surface area (Å²) >= 11 is 0. The summed E-state index contributed by atoms with van der Waals surface area (Å²) in [7, 11) is 0. The first-order valence-electron chi connectivity index (χ1n) is 8.19. The van der Waals surface area contributed by atoms with Gasteiger partial charge in [-0.05, 0) is 56.5 Å². The molecular weight excluding hydrogens is 298 g/mol. The molecule has 0 aliphatic rings. The van der Waals surface area contributed by atoms with Crippen LogP contribution in [-0.2, 0) is 17.8 Å². The van der Waals surface area contributed by atoms with E-state index in [1.807, 2.05) is 57.2 Å². The van der Waals surface area contributed by atoms with Crippen LogP contribution in [-0.4, -0.2) is 10.5 Å². The first-order valence-corrected chi connectivity index (χ1v) is 8.19. The summed E-state index contributed by atoms with van der Waals surface area (Å²) in [5.41, 5.74) is 5.00. The molecule has 0 aliphatic heterocycles. The number of nitrogens with zero attached hydrogens (tertiary/aromatic N) is 2. The fourth-order valence-electron chi connectivity index (χ4n) is 2.90. The molecule has 1 aromatic carbocycles. The van der Waals surface area contributed by atoms with Crippen LogP contribution in [0.25, 0.3) is 6.08 Å². The molecule has 0 saturated carbocycles. The number of carbonyl (C=O) groups excluding carboxylic acids is 1. The largest absolute Gasteiger partial charge is 0.349 e. The van der Waals surface area contributed by atoms with Crippen molar-refractivity contribution in [1.29, 1.82) is 5.26 Å². The zero-order valence-corrected chi connectivity index (χ0v) is 14.7. The Balaban J connectivity index is 2.31. The number of nitriles is 1. The summed E-state index contributed by atoms with van der Waals surface area (Å²) in [6, 6.07) is 11.7. The van der Waals surface area contributed by atoms with Crippen molar-refractivity contribution >= 4 is 17.7 Å². The quantitative estimate of drug-likeness (QED) is 0.661. The van der Waals surface area contributed by atoms with Crippen LogP contribution in [0.4, 0.5) is 5.69 Å². The van der Waals surface area contributed by atoms with E-state index in [-0.39, 0.29) is 11.5 Å². The van der Waals surface area contributed by atoms with E-state index >= 15 is 0 Å². The molecule has 1 N–H and O–H groups in total. The second-order valence-electron chi connectivity index (χ2n) is 5.71. The molecule has 1 amide bonds. The molecule has 4 heteroatoms. The average molecular weight is 321 g/mol. The lowest BCUT2D eigenvalue weighted by molar-refractivity contribution is -0.112. The summed E-state index contributed by atoms with van der Waals surface area (Å²) in [6.07, 6.45) is 2.48. The Morgan fingerprint density at radius 2 is 2.00 bits per heavy atom. The molecule has 0 saturated heterocycles. The third-order valence-corrected chi connectivity index (χ3v) is 4.24. The van der Waals surface area contributed by atoms with Crippen molar-refractivity contribution in [1.82, 2.24) is 4.57 Å². The summed E-state index contributed by atoms with van der Waals surface area (Å²) in [6.45, 7) is 9.00. The summed E-state index contributed by atoms with van der Waals surface area (Å²) in [5.74, 6) is -0.375. The van der Waals surface area contributed by atoms with Crippen molar-refractivity contribution in [2.24, 2.45) is 0 Å². The number of benzene rings is 1. The number of carbonyl (C=O) groups is 1. The van der Waals surface area contributed by atoms with Gasteiger partial charge < -0.3 is 9.88 Å². The van der Waals surface area contributed by atoms with Crippen LogP contribution in [0.1, 0.15) is 36.4 Å². The second-order valence-corrected chi connectivity index (χ2v) is 5.71. The van der Waals surface area contributed by atoms with E-state index in [2.05, 4.69) is 16.8 Å². The molecule has 0 atom stereocenters. The number of rotatable bonds is 5. The maximum Gasteiger partial charge on any atom is 0.266 e. The minimum atomic E-state index is -0.375. The Labute approximate surface area is 143 Å². The first kappa shape index (κ1) is 17.6. The predicted molar refractivity (Wildman–Crippen MR) is 97.6 cm³/mol. The van der Waals surface area contributed by atoms with Crippen molar-refractivity contribution in [3.8, 4) is 6.07 Å². The average Bonchev–Trinajstić information content (AvgIpc) is 2.85. The topological polar surface area (TPSA) is 57.8 Å². The molecule has 4 nitrogen and oxygen atoms in total. The number of anilines is 1. The minimum Gasteiger partial charge on any atom is -0.349 e. The van der Waals surface area contributed by atoms with E-state index in [1.165, 1.54) is 0 Å². The van der Waals surface area contributed by atoms with Crippen molar-refractivity contribution in [3.63, 3.8) is 0 Å². The number of hydrogen-bond acceptors (Lipinski definition) is 2. The predicted octanol–water partition coefficient (Wildman–Crippen LogP) is 4.23. The van der Waals surface area contributed by atoms with Crippen LogP contribution in [0.15, 0.2) is 35.9 Å². The molecule has 2 aromatic rings. The van der Waals surface area contributed by atoms with Gasteiger partial charge in [-0.15, -0.1) is 0 Å². The zero-order valence-electron chi connectivity index (χ0n) is 14.7. The fourth-order valence-corrected chi connectivity index (χ4v) is 2.90. The van der Waals surface area contributed by atoms with Crippen LogP contribution >= 0.6 is 0 Å². The van der Waals surface area contributed by atoms with Crippen molar-refractivity contribution in [2.45, 2.75) is 40.7 Å². The highest BCUT2D eigenvalue weighted by Crippen LogP contribution is 2.20. The SMILES string of the molecule is CCc1ccccc1NC(=O)/C(C#N)=C\c1cc(C)n(CC)c1C. The maximum absolute atomic E-state index is 12.5. The Morgan fingerprint density at radius 3 is 2.58 bits per heavy atom. The van der Waals surface area contributed by atoms with Gasteiger partial charge in [0.15, 0.2) is 0 Å². The Bertz CT molecular complexity index is 822. The lowest BCUT2D eigenvalue weighted by Gasteiger charge is -2.09. The van der Waals surface area contributed by atoms with E-state index < -0.39 is 0 Å². The van der Waals surface area contributed by atoms with Crippen LogP contribution in [0.2, 0.25) is 0 Å².